The molecule has 0 N–H and O–H groups in total. The maximum absolute atomic E-state index is 12.1. The van der Waals surface area contributed by atoms with Gasteiger partial charge in [0, 0.05) is 6.42 Å². The second kappa shape index (κ2) is 26.7. The average molecular weight is 622 g/mol. The number of Topliss-reactive ketones (excluding diaryl/α,β-unsaturated/α-hetero) is 1. The lowest BCUT2D eigenvalue weighted by Gasteiger charge is -2.23. The molecule has 0 rings (SSSR count). The molecule has 0 aromatic rings. The van der Waals surface area contributed by atoms with Gasteiger partial charge in [-0.25, -0.2) is 0 Å². The van der Waals surface area contributed by atoms with Crippen LogP contribution in [0.25, 0.3) is 0 Å². The highest BCUT2D eigenvalue weighted by Gasteiger charge is 2.17. The lowest BCUT2D eigenvalue weighted by molar-refractivity contribution is -0.870. The molecule has 4 unspecified atom stereocenters. The predicted octanol–water partition coefficient (Wildman–Crippen LogP) is 4.45. The predicted molar refractivity (Wildman–Crippen MR) is 169 cm³/mol. The summed E-state index contributed by atoms with van der Waals surface area (Å²) in [6.07, 6.45) is 12.3. The molecule has 0 bridgehead atoms. The highest BCUT2D eigenvalue weighted by atomic mass is 35.5. The number of quaternary nitrogens is 1. The highest BCUT2D eigenvalue weighted by molar-refractivity contribution is 5.94. The van der Waals surface area contributed by atoms with Gasteiger partial charge in [0.15, 0.2) is 0 Å². The Balaban J connectivity index is 0. The van der Waals surface area contributed by atoms with Crippen molar-refractivity contribution in [1.29, 1.82) is 0 Å². The first-order chi connectivity index (χ1) is 19.3. The van der Waals surface area contributed by atoms with Crippen LogP contribution >= 0.6 is 0 Å². The van der Waals surface area contributed by atoms with Gasteiger partial charge >= 0.3 is 5.97 Å². The fourth-order valence-corrected chi connectivity index (χ4v) is 4.75. The van der Waals surface area contributed by atoms with Crippen molar-refractivity contribution in [3.8, 4) is 0 Å². The fraction of sp³-hybridized carbons (Fsp3) is 0.941. The van der Waals surface area contributed by atoms with E-state index < -0.39 is 12.3 Å². The van der Waals surface area contributed by atoms with Crippen LogP contribution in [0.2, 0.25) is 0 Å². The van der Waals surface area contributed by atoms with Crippen LogP contribution < -0.4 is 12.4 Å². The summed E-state index contributed by atoms with van der Waals surface area (Å²) in [5, 5.41) is 0. The summed E-state index contributed by atoms with van der Waals surface area (Å²) in [6.45, 7) is 16.7. The second-order valence-electron chi connectivity index (χ2n) is 14.0. The number of halogens is 1. The molecule has 8 heteroatoms. The minimum absolute atomic E-state index is 0. The van der Waals surface area contributed by atoms with Crippen molar-refractivity contribution >= 4 is 11.8 Å². The number of hydrogen-bond acceptors (Lipinski definition) is 6. The van der Waals surface area contributed by atoms with Crippen molar-refractivity contribution < 1.29 is 45.4 Å². The number of nitrogens with zero attached hydrogens (tertiary/aromatic N) is 1. The van der Waals surface area contributed by atoms with E-state index in [9.17, 15) is 9.59 Å². The summed E-state index contributed by atoms with van der Waals surface area (Å²) in [7, 11) is 6.40. The smallest absolute Gasteiger partial charge is 0.315 e. The molecular weight excluding hydrogens is 554 g/mol. The Morgan fingerprint density at radius 2 is 1.10 bits per heavy atom. The Bertz CT molecular complexity index is 654. The van der Waals surface area contributed by atoms with Gasteiger partial charge in [0.05, 0.1) is 54.2 Å². The van der Waals surface area contributed by atoms with Gasteiger partial charge in [-0.3, -0.25) is 9.59 Å². The monoisotopic (exact) mass is 621 g/mol. The molecule has 0 amide bonds. The third-order valence-electron chi connectivity index (χ3n) is 7.61. The SMILES string of the molecule is CC(=O)CC(=O)OC(CCOCCOCC[N+](C)(C)C)OCCC(C)CCCC(C)CCCC(C)CCCC(C)C.[Cl-]. The molecule has 42 heavy (non-hydrogen) atoms. The minimum Gasteiger partial charge on any atom is -1.00 e. The summed E-state index contributed by atoms with van der Waals surface area (Å²) < 4.78 is 23.5. The molecular formula is C34H68ClNO6. The Kier molecular flexibility index (Phi) is 27.5. The van der Waals surface area contributed by atoms with Crippen molar-refractivity contribution in [2.45, 2.75) is 125 Å². The van der Waals surface area contributed by atoms with E-state index in [1.54, 1.807) is 0 Å². The van der Waals surface area contributed by atoms with Crippen molar-refractivity contribution in [2.75, 3.05) is 60.7 Å². The fourth-order valence-electron chi connectivity index (χ4n) is 4.75. The number of carbonyl (C=O) groups is 2. The standard InChI is InChI=1S/C34H68NO6.ClH/c1-28(2)13-10-14-29(3)15-11-16-30(4)17-12-18-31(5)19-23-40-34(41-33(37)27-32(6)36)20-22-38-25-26-39-24-21-35(7,8)9;/h28-31,34H,10-27H2,1-9H3;1H/q+1;/p-1. The van der Waals surface area contributed by atoms with E-state index in [1.807, 2.05) is 0 Å². The molecule has 7 nitrogen and oxygen atoms in total. The van der Waals surface area contributed by atoms with Gasteiger partial charge in [0.1, 0.15) is 18.7 Å². The maximum atomic E-state index is 12.1. The second-order valence-corrected chi connectivity index (χ2v) is 14.0. The number of likely N-dealkylation sites (N-methyl/N-ethyl adjacent to an activating group) is 1. The Morgan fingerprint density at radius 1 is 0.619 bits per heavy atom. The molecule has 0 aromatic heterocycles. The van der Waals surface area contributed by atoms with Gasteiger partial charge in [-0.2, -0.15) is 0 Å². The summed E-state index contributed by atoms with van der Waals surface area (Å²) in [5.41, 5.74) is 0. The van der Waals surface area contributed by atoms with Gasteiger partial charge in [0.25, 0.3) is 0 Å². The van der Waals surface area contributed by atoms with Crippen LogP contribution in [0.1, 0.15) is 119 Å². The van der Waals surface area contributed by atoms with Crippen molar-refractivity contribution in [2.24, 2.45) is 23.7 Å². The van der Waals surface area contributed by atoms with Gasteiger partial charge in [-0.05, 0) is 37.0 Å². The van der Waals surface area contributed by atoms with Crippen molar-refractivity contribution in [1.82, 2.24) is 0 Å². The largest absolute Gasteiger partial charge is 1.00 e. The van der Waals surface area contributed by atoms with Gasteiger partial charge in [0.2, 0.25) is 6.29 Å². The Morgan fingerprint density at radius 3 is 1.57 bits per heavy atom. The minimum atomic E-state index is -0.694. The van der Waals surface area contributed by atoms with Crippen LogP contribution in [0.3, 0.4) is 0 Å². The van der Waals surface area contributed by atoms with Crippen LogP contribution in [-0.4, -0.2) is 83.2 Å². The molecule has 4 atom stereocenters. The van der Waals surface area contributed by atoms with Crippen LogP contribution in [-0.2, 0) is 28.5 Å². The first-order valence-corrected chi connectivity index (χ1v) is 16.5. The van der Waals surface area contributed by atoms with E-state index in [0.717, 1.165) is 35.2 Å². The van der Waals surface area contributed by atoms with Gasteiger partial charge in [-0.15, -0.1) is 0 Å². The third-order valence-corrected chi connectivity index (χ3v) is 7.61. The molecule has 0 aliphatic rings. The number of hydrogen-bond donors (Lipinski definition) is 0. The van der Waals surface area contributed by atoms with E-state index in [4.69, 9.17) is 18.9 Å². The Labute approximate surface area is 266 Å². The molecule has 0 fully saturated rings. The Hall–Kier alpha value is -0.730. The first-order valence-electron chi connectivity index (χ1n) is 16.5. The summed E-state index contributed by atoms with van der Waals surface area (Å²) in [6, 6.07) is 0. The van der Waals surface area contributed by atoms with Crippen LogP contribution in [0.15, 0.2) is 0 Å². The number of rotatable bonds is 28. The average Bonchev–Trinajstić information content (AvgIpc) is 2.84. The van der Waals surface area contributed by atoms with E-state index in [2.05, 4.69) is 55.8 Å². The number of ketones is 1. The normalized spacial score (nSPS) is 14.7. The molecule has 252 valence electrons. The summed E-state index contributed by atoms with van der Waals surface area (Å²) >= 11 is 0. The number of carbonyl (C=O) groups excluding carboxylic acids is 2. The zero-order valence-corrected chi connectivity index (χ0v) is 29.6. The molecule has 0 aliphatic carbocycles. The lowest BCUT2D eigenvalue weighted by Crippen LogP contribution is -3.00. The van der Waals surface area contributed by atoms with E-state index >= 15 is 0 Å². The highest BCUT2D eigenvalue weighted by Crippen LogP contribution is 2.23. The van der Waals surface area contributed by atoms with Crippen LogP contribution in [0.4, 0.5) is 0 Å². The topological polar surface area (TPSA) is 71.1 Å². The quantitative estimate of drug-likeness (QED) is 0.0423. The zero-order valence-electron chi connectivity index (χ0n) is 28.9. The number of ether oxygens (including phenoxy) is 4. The molecule has 0 saturated heterocycles. The first kappa shape index (κ1) is 43.4. The molecule has 0 heterocycles. The lowest BCUT2D eigenvalue weighted by atomic mass is 9.91. The molecule has 0 aromatic carbocycles. The van der Waals surface area contributed by atoms with Crippen LogP contribution in [0.5, 0.6) is 0 Å². The molecule has 0 aliphatic heterocycles. The summed E-state index contributed by atoms with van der Waals surface area (Å²) in [5.74, 6) is 2.26. The molecule has 0 saturated carbocycles. The van der Waals surface area contributed by atoms with Gasteiger partial charge in [-0.1, -0.05) is 92.4 Å². The van der Waals surface area contributed by atoms with E-state index in [0.29, 0.717) is 45.4 Å². The maximum Gasteiger partial charge on any atom is 0.315 e. The number of esters is 1. The van der Waals surface area contributed by atoms with E-state index in [-0.39, 0.29) is 24.6 Å². The van der Waals surface area contributed by atoms with Gasteiger partial charge < -0.3 is 35.8 Å². The van der Waals surface area contributed by atoms with Crippen molar-refractivity contribution in [3.63, 3.8) is 0 Å². The van der Waals surface area contributed by atoms with Crippen molar-refractivity contribution in [3.05, 3.63) is 0 Å². The third kappa shape index (κ3) is 30.7. The van der Waals surface area contributed by atoms with Crippen LogP contribution in [0, 0.1) is 23.7 Å². The molecule has 0 spiro atoms. The zero-order chi connectivity index (χ0) is 31.1. The summed E-state index contributed by atoms with van der Waals surface area (Å²) in [4.78, 5) is 23.4. The van der Waals surface area contributed by atoms with E-state index in [1.165, 1.54) is 64.7 Å². The molecule has 0 radical (unpaired) electrons.